The lowest BCUT2D eigenvalue weighted by Gasteiger charge is -2.15. The number of primary amides is 1. The highest BCUT2D eigenvalue weighted by molar-refractivity contribution is 5.77. The van der Waals surface area contributed by atoms with Crippen molar-refractivity contribution in [2.24, 2.45) is 18.7 Å². The van der Waals surface area contributed by atoms with Gasteiger partial charge in [-0.05, 0) is 30.5 Å². The summed E-state index contributed by atoms with van der Waals surface area (Å²) in [5.41, 5.74) is 7.98. The fourth-order valence-corrected chi connectivity index (χ4v) is 2.99. The van der Waals surface area contributed by atoms with E-state index in [1.54, 1.807) is 23.0 Å². The molecule has 3 aromatic rings. The number of nitrogens with one attached hydrogen (secondary N) is 1. The summed E-state index contributed by atoms with van der Waals surface area (Å²) in [5, 5.41) is 18.2. The molecule has 1 amide bonds. The van der Waals surface area contributed by atoms with E-state index >= 15 is 0 Å². The van der Waals surface area contributed by atoms with Crippen molar-refractivity contribution >= 4 is 17.4 Å². The molecule has 1 atom stereocenters. The second-order valence-electron chi connectivity index (χ2n) is 6.93. The number of nitrogens with zero attached hydrogens (tertiary/aromatic N) is 5. The molecule has 0 unspecified atom stereocenters. The third kappa shape index (κ3) is 5.16. The number of rotatable bonds is 9. The van der Waals surface area contributed by atoms with Gasteiger partial charge in [0.05, 0.1) is 17.0 Å². The molecule has 0 aliphatic carbocycles. The van der Waals surface area contributed by atoms with Crippen molar-refractivity contribution in [3.05, 3.63) is 64.1 Å². The Morgan fingerprint density at radius 3 is 2.60 bits per heavy atom. The lowest BCUT2D eigenvalue weighted by Crippen LogP contribution is -2.31. The molecule has 3 rings (SSSR count). The highest BCUT2D eigenvalue weighted by atomic mass is 16.6. The van der Waals surface area contributed by atoms with Gasteiger partial charge in [0.15, 0.2) is 5.82 Å². The molecule has 0 spiro atoms. The van der Waals surface area contributed by atoms with Crippen LogP contribution in [0.3, 0.4) is 0 Å². The molecule has 0 saturated heterocycles. The first kappa shape index (κ1) is 20.9. The van der Waals surface area contributed by atoms with Gasteiger partial charge in [0.1, 0.15) is 5.82 Å². The zero-order valence-electron chi connectivity index (χ0n) is 16.8. The van der Waals surface area contributed by atoms with Gasteiger partial charge >= 0.3 is 0 Å². The Morgan fingerprint density at radius 2 is 2.03 bits per heavy atom. The van der Waals surface area contributed by atoms with Crippen molar-refractivity contribution in [3.63, 3.8) is 0 Å². The quantitative estimate of drug-likeness (QED) is 0.407. The Labute approximate surface area is 173 Å². The first-order chi connectivity index (χ1) is 14.4. The third-order valence-electron chi connectivity index (χ3n) is 4.65. The molecule has 30 heavy (non-hydrogen) atoms. The maximum atomic E-state index is 11.9. The van der Waals surface area contributed by atoms with E-state index in [9.17, 15) is 14.9 Å². The van der Waals surface area contributed by atoms with Gasteiger partial charge in [-0.3, -0.25) is 19.6 Å². The van der Waals surface area contributed by atoms with Crippen molar-refractivity contribution in [3.8, 4) is 11.4 Å². The minimum Gasteiger partial charge on any atom is -0.369 e. The van der Waals surface area contributed by atoms with E-state index in [0.29, 0.717) is 36.6 Å². The lowest BCUT2D eigenvalue weighted by atomic mass is 10.0. The Hall–Kier alpha value is -3.82. The number of hydrogen-bond donors (Lipinski definition) is 2. The van der Waals surface area contributed by atoms with E-state index < -0.39 is 16.7 Å². The number of anilines is 1. The molecule has 10 nitrogen and oxygen atoms in total. The molecule has 1 aromatic carbocycles. The molecular formula is C20H23N7O3. The molecule has 0 bridgehead atoms. The van der Waals surface area contributed by atoms with Crippen LogP contribution in [0, 0.1) is 16.0 Å². The number of nitro groups is 1. The van der Waals surface area contributed by atoms with E-state index in [4.69, 9.17) is 5.73 Å². The van der Waals surface area contributed by atoms with Crippen LogP contribution in [0.15, 0.2) is 42.7 Å². The van der Waals surface area contributed by atoms with Crippen molar-refractivity contribution in [2.45, 2.75) is 19.8 Å². The molecule has 156 valence electrons. The van der Waals surface area contributed by atoms with E-state index in [0.717, 1.165) is 11.3 Å². The number of hydrogen-bond acceptors (Lipinski definition) is 7. The highest BCUT2D eigenvalue weighted by Crippen LogP contribution is 2.22. The van der Waals surface area contributed by atoms with Crippen molar-refractivity contribution < 1.29 is 9.72 Å². The van der Waals surface area contributed by atoms with Gasteiger partial charge in [0.25, 0.3) is 5.69 Å². The van der Waals surface area contributed by atoms with E-state index in [1.165, 1.54) is 12.1 Å². The Morgan fingerprint density at radius 1 is 1.30 bits per heavy atom. The van der Waals surface area contributed by atoms with Crippen LogP contribution in [0.5, 0.6) is 0 Å². The van der Waals surface area contributed by atoms with Crippen LogP contribution in [-0.2, 0) is 24.7 Å². The fourth-order valence-electron chi connectivity index (χ4n) is 2.99. The van der Waals surface area contributed by atoms with Crippen molar-refractivity contribution in [2.75, 3.05) is 11.9 Å². The standard InChI is InChI=1S/C20H23N7O3/c1-3-16-9-18(22-11-15(19(21)28)8-13-10-23-26(2)12-13)25-20(24-16)14-4-6-17(7-5-14)27(29)30/h4-7,9-10,12,15H,3,8,11H2,1-2H3,(H2,21,28)(H,22,24,25)/t15-/m0/s1. The van der Waals surface area contributed by atoms with E-state index in [1.807, 2.05) is 26.2 Å². The molecule has 3 N–H and O–H groups in total. The SMILES string of the molecule is CCc1cc(NC[C@H](Cc2cnn(C)c2)C(N)=O)nc(-c2ccc([N+](=O)[O-])cc2)n1. The van der Waals surface area contributed by atoms with Crippen LogP contribution >= 0.6 is 0 Å². The Kier molecular flexibility index (Phi) is 6.35. The second-order valence-corrected chi connectivity index (χ2v) is 6.93. The zero-order valence-corrected chi connectivity index (χ0v) is 16.8. The van der Waals surface area contributed by atoms with Gasteiger partial charge < -0.3 is 11.1 Å². The summed E-state index contributed by atoms with van der Waals surface area (Å²) in [4.78, 5) is 31.3. The van der Waals surface area contributed by atoms with Gasteiger partial charge in [0, 0.05) is 49.2 Å². The van der Waals surface area contributed by atoms with Gasteiger partial charge in [-0.25, -0.2) is 9.97 Å². The number of nitro benzene ring substituents is 1. The summed E-state index contributed by atoms with van der Waals surface area (Å²) in [6.07, 6.45) is 4.72. The van der Waals surface area contributed by atoms with Crippen LogP contribution in [0.2, 0.25) is 0 Å². The molecule has 0 saturated carbocycles. The fraction of sp³-hybridized carbons (Fsp3) is 0.300. The number of aryl methyl sites for hydroxylation is 2. The van der Waals surface area contributed by atoms with Crippen LogP contribution in [-0.4, -0.2) is 37.1 Å². The summed E-state index contributed by atoms with van der Waals surface area (Å²) >= 11 is 0. The molecular weight excluding hydrogens is 386 g/mol. The Balaban J connectivity index is 1.78. The average molecular weight is 409 g/mol. The predicted octanol–water partition coefficient (Wildman–Crippen LogP) is 2.10. The summed E-state index contributed by atoms with van der Waals surface area (Å²) in [7, 11) is 1.81. The molecule has 0 aliphatic heterocycles. The zero-order chi connectivity index (χ0) is 21.7. The second kappa shape index (κ2) is 9.12. The maximum Gasteiger partial charge on any atom is 0.269 e. The number of amides is 1. The van der Waals surface area contributed by atoms with Crippen LogP contribution < -0.4 is 11.1 Å². The maximum absolute atomic E-state index is 11.9. The number of non-ortho nitro benzene ring substituents is 1. The van der Waals surface area contributed by atoms with Gasteiger partial charge in [-0.2, -0.15) is 5.10 Å². The third-order valence-corrected chi connectivity index (χ3v) is 4.65. The van der Waals surface area contributed by atoms with Gasteiger partial charge in [0.2, 0.25) is 5.91 Å². The summed E-state index contributed by atoms with van der Waals surface area (Å²) < 4.78 is 1.68. The summed E-state index contributed by atoms with van der Waals surface area (Å²) in [6, 6.07) is 7.89. The van der Waals surface area contributed by atoms with Crippen LogP contribution in [0.25, 0.3) is 11.4 Å². The minimum absolute atomic E-state index is 0.00319. The normalized spacial score (nSPS) is 11.8. The lowest BCUT2D eigenvalue weighted by molar-refractivity contribution is -0.384. The minimum atomic E-state index is -0.452. The summed E-state index contributed by atoms with van der Waals surface area (Å²) in [6.45, 7) is 2.28. The Bertz CT molecular complexity index is 1050. The molecule has 0 fully saturated rings. The van der Waals surface area contributed by atoms with Crippen molar-refractivity contribution in [1.29, 1.82) is 0 Å². The van der Waals surface area contributed by atoms with Gasteiger partial charge in [-0.15, -0.1) is 0 Å². The number of aromatic nitrogens is 4. The first-order valence-electron chi connectivity index (χ1n) is 9.49. The number of carbonyl (C=O) groups excluding carboxylic acids is 1. The number of carbonyl (C=O) groups is 1. The van der Waals surface area contributed by atoms with Crippen LogP contribution in [0.1, 0.15) is 18.2 Å². The monoisotopic (exact) mass is 409 g/mol. The average Bonchev–Trinajstić information content (AvgIpc) is 3.15. The summed E-state index contributed by atoms with van der Waals surface area (Å²) in [5.74, 6) is 0.172. The van der Waals surface area contributed by atoms with Crippen LogP contribution in [0.4, 0.5) is 11.5 Å². The molecule has 2 heterocycles. The predicted molar refractivity (Wildman–Crippen MR) is 112 cm³/mol. The van der Waals surface area contributed by atoms with E-state index in [2.05, 4.69) is 20.4 Å². The van der Waals surface area contributed by atoms with E-state index in [-0.39, 0.29) is 5.69 Å². The number of benzene rings is 1. The van der Waals surface area contributed by atoms with Crippen molar-refractivity contribution in [1.82, 2.24) is 19.7 Å². The molecule has 2 aromatic heterocycles. The number of nitrogens with two attached hydrogens (primary N) is 1. The highest BCUT2D eigenvalue weighted by Gasteiger charge is 2.18. The molecule has 0 radical (unpaired) electrons. The molecule has 10 heteroatoms. The largest absolute Gasteiger partial charge is 0.369 e. The topological polar surface area (TPSA) is 142 Å². The van der Waals surface area contributed by atoms with Gasteiger partial charge in [-0.1, -0.05) is 6.92 Å². The molecule has 0 aliphatic rings. The smallest absolute Gasteiger partial charge is 0.269 e. The first-order valence-corrected chi connectivity index (χ1v) is 9.49.